The average Bonchev–Trinajstić information content (AvgIpc) is 2.65. The van der Waals surface area contributed by atoms with Gasteiger partial charge in [-0.15, -0.1) is 0 Å². The number of benzene rings is 3. The van der Waals surface area contributed by atoms with Crippen molar-refractivity contribution >= 4 is 33.3 Å². The van der Waals surface area contributed by atoms with Crippen LogP contribution in [0.1, 0.15) is 31.8 Å². The van der Waals surface area contributed by atoms with Crippen molar-refractivity contribution in [2.45, 2.75) is 6.92 Å². The van der Waals surface area contributed by atoms with E-state index in [1.54, 1.807) is 36.4 Å². The maximum atomic E-state index is 12.4. The van der Waals surface area contributed by atoms with Gasteiger partial charge in [0.1, 0.15) is 0 Å². The number of halogens is 1. The van der Waals surface area contributed by atoms with Crippen molar-refractivity contribution < 1.29 is 9.59 Å². The van der Waals surface area contributed by atoms with Crippen molar-refractivity contribution in [3.63, 3.8) is 0 Å². The smallest absolute Gasteiger partial charge is 0.255 e. The van der Waals surface area contributed by atoms with Gasteiger partial charge >= 0.3 is 0 Å². The second-order valence-corrected chi connectivity index (χ2v) is 6.54. The summed E-state index contributed by atoms with van der Waals surface area (Å²) in [6, 6.07) is 21.4. The number of ketones is 1. The first-order valence-electron chi connectivity index (χ1n) is 7.82. The van der Waals surface area contributed by atoms with Crippen LogP contribution in [0.25, 0.3) is 0 Å². The van der Waals surface area contributed by atoms with Crippen LogP contribution < -0.4 is 5.32 Å². The van der Waals surface area contributed by atoms with Crippen LogP contribution >= 0.6 is 15.9 Å². The Morgan fingerprint density at radius 1 is 0.800 bits per heavy atom. The molecule has 25 heavy (non-hydrogen) atoms. The summed E-state index contributed by atoms with van der Waals surface area (Å²) in [5.41, 5.74) is 3.47. The SMILES string of the molecule is Cc1cc(NC(=O)c2ccc(C(=O)c3ccccc3)cc2)ccc1Br. The van der Waals surface area contributed by atoms with E-state index in [0.29, 0.717) is 16.7 Å². The summed E-state index contributed by atoms with van der Waals surface area (Å²) in [7, 11) is 0. The van der Waals surface area contributed by atoms with Crippen molar-refractivity contribution in [3.05, 3.63) is 99.5 Å². The third-order valence-electron chi connectivity index (χ3n) is 3.86. The Hall–Kier alpha value is -2.72. The molecule has 3 aromatic rings. The van der Waals surface area contributed by atoms with Crippen LogP contribution in [0.15, 0.2) is 77.3 Å². The van der Waals surface area contributed by atoms with Crippen molar-refractivity contribution in [1.29, 1.82) is 0 Å². The molecule has 4 heteroatoms. The highest BCUT2D eigenvalue weighted by Gasteiger charge is 2.11. The highest BCUT2D eigenvalue weighted by molar-refractivity contribution is 9.10. The minimum Gasteiger partial charge on any atom is -0.322 e. The standard InChI is InChI=1S/C21H16BrNO2/c1-14-13-18(11-12-19(14)22)23-21(25)17-9-7-16(8-10-17)20(24)15-5-3-2-4-6-15/h2-13H,1H3,(H,23,25). The van der Waals surface area contributed by atoms with Gasteiger partial charge in [0.2, 0.25) is 0 Å². The average molecular weight is 394 g/mol. The molecule has 0 atom stereocenters. The van der Waals surface area contributed by atoms with E-state index in [1.165, 1.54) is 0 Å². The van der Waals surface area contributed by atoms with Gasteiger partial charge in [0.25, 0.3) is 5.91 Å². The molecule has 0 radical (unpaired) electrons. The summed E-state index contributed by atoms with van der Waals surface area (Å²) in [5.74, 6) is -0.267. The maximum Gasteiger partial charge on any atom is 0.255 e. The molecule has 3 nitrogen and oxygen atoms in total. The number of anilines is 1. The molecular formula is C21H16BrNO2. The molecule has 1 N–H and O–H groups in total. The fraction of sp³-hybridized carbons (Fsp3) is 0.0476. The molecule has 0 saturated carbocycles. The fourth-order valence-corrected chi connectivity index (χ4v) is 2.70. The molecule has 1 amide bonds. The third kappa shape index (κ3) is 4.03. The molecule has 0 bridgehead atoms. The largest absolute Gasteiger partial charge is 0.322 e. The first kappa shape index (κ1) is 17.1. The zero-order valence-corrected chi connectivity index (χ0v) is 15.2. The number of hydrogen-bond donors (Lipinski definition) is 1. The number of aryl methyl sites for hydroxylation is 1. The first-order chi connectivity index (χ1) is 12.0. The van der Waals surface area contributed by atoms with Gasteiger partial charge in [0.15, 0.2) is 5.78 Å². The Bertz CT molecular complexity index is 918. The summed E-state index contributed by atoms with van der Waals surface area (Å²) in [6.45, 7) is 1.96. The Morgan fingerprint density at radius 3 is 2.04 bits per heavy atom. The summed E-state index contributed by atoms with van der Waals surface area (Å²) in [6.07, 6.45) is 0. The van der Waals surface area contributed by atoms with Gasteiger partial charge in [-0.3, -0.25) is 9.59 Å². The number of hydrogen-bond acceptors (Lipinski definition) is 2. The highest BCUT2D eigenvalue weighted by atomic mass is 79.9. The van der Waals surface area contributed by atoms with Crippen LogP contribution in [0.5, 0.6) is 0 Å². The van der Waals surface area contributed by atoms with E-state index in [2.05, 4.69) is 21.2 Å². The maximum absolute atomic E-state index is 12.4. The lowest BCUT2D eigenvalue weighted by Gasteiger charge is -2.08. The molecule has 0 saturated heterocycles. The minimum absolute atomic E-state index is 0.0592. The van der Waals surface area contributed by atoms with Gasteiger partial charge in [-0.25, -0.2) is 0 Å². The summed E-state index contributed by atoms with van der Waals surface area (Å²) in [5, 5.41) is 2.86. The van der Waals surface area contributed by atoms with Gasteiger partial charge in [-0.05, 0) is 42.8 Å². The topological polar surface area (TPSA) is 46.2 Å². The molecule has 124 valence electrons. The number of carbonyl (C=O) groups is 2. The summed E-state index contributed by atoms with van der Waals surface area (Å²) < 4.78 is 0.995. The zero-order chi connectivity index (χ0) is 17.8. The molecule has 0 aliphatic carbocycles. The number of amides is 1. The molecule has 0 aliphatic rings. The van der Waals surface area contributed by atoms with Crippen molar-refractivity contribution in [3.8, 4) is 0 Å². The number of carbonyl (C=O) groups excluding carboxylic acids is 2. The lowest BCUT2D eigenvalue weighted by atomic mass is 10.0. The third-order valence-corrected chi connectivity index (χ3v) is 4.75. The van der Waals surface area contributed by atoms with Crippen molar-refractivity contribution in [1.82, 2.24) is 0 Å². The van der Waals surface area contributed by atoms with E-state index in [0.717, 1.165) is 15.7 Å². The normalized spacial score (nSPS) is 10.3. The molecule has 3 rings (SSSR count). The van der Waals surface area contributed by atoms with Gasteiger partial charge in [0.05, 0.1) is 0 Å². The Labute approximate surface area is 154 Å². The van der Waals surface area contributed by atoms with Crippen LogP contribution in [0.2, 0.25) is 0 Å². The Balaban J connectivity index is 1.74. The highest BCUT2D eigenvalue weighted by Crippen LogP contribution is 2.20. The van der Waals surface area contributed by atoms with Crippen LogP contribution in [0.4, 0.5) is 5.69 Å². The molecule has 0 unspecified atom stereocenters. The monoisotopic (exact) mass is 393 g/mol. The second-order valence-electron chi connectivity index (χ2n) is 5.69. The van der Waals surface area contributed by atoms with Gasteiger partial charge in [-0.1, -0.05) is 58.4 Å². The molecular weight excluding hydrogens is 378 g/mol. The van der Waals surface area contributed by atoms with Crippen LogP contribution in [-0.2, 0) is 0 Å². The number of rotatable bonds is 4. The van der Waals surface area contributed by atoms with Gasteiger partial charge in [0, 0.05) is 26.9 Å². The summed E-state index contributed by atoms with van der Waals surface area (Å²) in [4.78, 5) is 24.7. The lowest BCUT2D eigenvalue weighted by molar-refractivity contribution is 0.102. The Morgan fingerprint density at radius 2 is 1.40 bits per heavy atom. The van der Waals surface area contributed by atoms with E-state index < -0.39 is 0 Å². The van der Waals surface area contributed by atoms with E-state index >= 15 is 0 Å². The predicted molar refractivity (Wildman–Crippen MR) is 103 cm³/mol. The van der Waals surface area contributed by atoms with Crippen LogP contribution in [-0.4, -0.2) is 11.7 Å². The van der Waals surface area contributed by atoms with E-state index in [4.69, 9.17) is 0 Å². The minimum atomic E-state index is -0.208. The van der Waals surface area contributed by atoms with E-state index in [9.17, 15) is 9.59 Å². The molecule has 0 aliphatic heterocycles. The van der Waals surface area contributed by atoms with Gasteiger partial charge < -0.3 is 5.32 Å². The van der Waals surface area contributed by atoms with Crippen molar-refractivity contribution in [2.75, 3.05) is 5.32 Å². The fourth-order valence-electron chi connectivity index (χ4n) is 2.45. The van der Waals surface area contributed by atoms with E-state index in [-0.39, 0.29) is 11.7 Å². The molecule has 0 aromatic heterocycles. The Kier molecular flexibility index (Phi) is 5.10. The molecule has 0 heterocycles. The summed E-state index contributed by atoms with van der Waals surface area (Å²) >= 11 is 3.44. The van der Waals surface area contributed by atoms with Crippen LogP contribution in [0.3, 0.4) is 0 Å². The number of nitrogens with one attached hydrogen (secondary N) is 1. The first-order valence-corrected chi connectivity index (χ1v) is 8.61. The van der Waals surface area contributed by atoms with E-state index in [1.807, 2.05) is 43.3 Å². The molecule has 3 aromatic carbocycles. The molecule has 0 fully saturated rings. The van der Waals surface area contributed by atoms with Gasteiger partial charge in [-0.2, -0.15) is 0 Å². The zero-order valence-electron chi connectivity index (χ0n) is 13.6. The van der Waals surface area contributed by atoms with Crippen LogP contribution in [0, 0.1) is 6.92 Å². The quantitative estimate of drug-likeness (QED) is 0.615. The second kappa shape index (κ2) is 7.45. The molecule has 0 spiro atoms. The van der Waals surface area contributed by atoms with Crippen molar-refractivity contribution in [2.24, 2.45) is 0 Å². The lowest BCUT2D eigenvalue weighted by Crippen LogP contribution is -2.12. The predicted octanol–water partition coefficient (Wildman–Crippen LogP) is 5.24.